The SMILES string of the molecule is NP(N=P(N1CCCC1)(N1CCCC1)N1CCCC1)N[P+](N1CCCC1)(N1CCCC1)N1CCCC1. The Morgan fingerprint density at radius 1 is 0.500 bits per heavy atom. The van der Waals surface area contributed by atoms with Crippen LogP contribution in [0.3, 0.4) is 0 Å². The van der Waals surface area contributed by atoms with Gasteiger partial charge in [0.05, 0.1) is 0 Å². The summed E-state index contributed by atoms with van der Waals surface area (Å²) in [6.45, 7) is 14.6. The Bertz CT molecular complexity index is 676. The van der Waals surface area contributed by atoms with Crippen LogP contribution in [0.2, 0.25) is 0 Å². The molecule has 3 N–H and O–H groups in total. The summed E-state index contributed by atoms with van der Waals surface area (Å²) >= 11 is 0. The minimum atomic E-state index is -1.95. The molecular weight excluding hydrogens is 507 g/mol. The first-order valence-electron chi connectivity index (χ1n) is 15.1. The minimum absolute atomic E-state index is 1.13. The van der Waals surface area contributed by atoms with Crippen LogP contribution in [-0.4, -0.2) is 107 Å². The van der Waals surface area contributed by atoms with E-state index in [2.05, 4.69) is 32.9 Å². The number of nitrogens with one attached hydrogen (secondary N) is 1. The quantitative estimate of drug-likeness (QED) is 0.385. The zero-order chi connectivity index (χ0) is 24.4. The van der Waals surface area contributed by atoms with Crippen molar-refractivity contribution in [1.82, 2.24) is 32.9 Å². The van der Waals surface area contributed by atoms with E-state index in [9.17, 15) is 0 Å². The van der Waals surface area contributed by atoms with Gasteiger partial charge in [-0.1, -0.05) is 4.86 Å². The Balaban J connectivity index is 1.39. The van der Waals surface area contributed by atoms with E-state index in [0.717, 1.165) is 0 Å². The van der Waals surface area contributed by atoms with Crippen molar-refractivity contribution >= 4 is 23.7 Å². The zero-order valence-electron chi connectivity index (χ0n) is 22.5. The molecule has 9 nitrogen and oxygen atoms in total. The highest BCUT2D eigenvalue weighted by Gasteiger charge is 2.60. The Kier molecular flexibility index (Phi) is 9.07. The van der Waals surface area contributed by atoms with Gasteiger partial charge in [-0.2, -0.15) is 0 Å². The van der Waals surface area contributed by atoms with E-state index in [-0.39, 0.29) is 0 Å². The van der Waals surface area contributed by atoms with Crippen LogP contribution in [-0.2, 0) is 0 Å². The standard InChI is InChI=1S/C24H51N9P3/c25-34(26-35(28-13-1-2-14-28,29-15-3-4-16-29)30-17-5-6-18-30)27-36(31-19-7-8-20-31,32-21-9-10-22-32)33-23-11-12-24-33/h26H,1-25H2/q+1. The predicted octanol–water partition coefficient (Wildman–Crippen LogP) is 4.96. The lowest BCUT2D eigenvalue weighted by molar-refractivity contribution is 0.368. The summed E-state index contributed by atoms with van der Waals surface area (Å²) in [5.74, 6) is 0. The largest absolute Gasteiger partial charge is 0.312 e. The van der Waals surface area contributed by atoms with Gasteiger partial charge < -0.3 is 0 Å². The fourth-order valence-electron chi connectivity index (χ4n) is 7.56. The van der Waals surface area contributed by atoms with Gasteiger partial charge in [0, 0.05) is 78.5 Å². The summed E-state index contributed by atoms with van der Waals surface area (Å²) in [6, 6.07) is 0. The lowest BCUT2D eigenvalue weighted by Crippen LogP contribution is -2.48. The van der Waals surface area contributed by atoms with Crippen LogP contribution in [0.4, 0.5) is 0 Å². The summed E-state index contributed by atoms with van der Waals surface area (Å²) in [7, 11) is -4.93. The second kappa shape index (κ2) is 12.1. The molecule has 12 heteroatoms. The van der Waals surface area contributed by atoms with Crippen molar-refractivity contribution in [3.05, 3.63) is 0 Å². The average Bonchev–Trinajstić information content (AvgIpc) is 3.77. The van der Waals surface area contributed by atoms with Crippen LogP contribution >= 0.6 is 23.7 Å². The molecule has 1 unspecified atom stereocenters. The molecule has 36 heavy (non-hydrogen) atoms. The second-order valence-electron chi connectivity index (χ2n) is 11.6. The summed E-state index contributed by atoms with van der Waals surface area (Å²) in [6.07, 6.45) is 15.9. The Morgan fingerprint density at radius 2 is 0.778 bits per heavy atom. The highest BCUT2D eigenvalue weighted by atomic mass is 31.3. The smallest absolute Gasteiger partial charge is 0.276 e. The van der Waals surface area contributed by atoms with Crippen LogP contribution < -0.4 is 10.4 Å². The highest BCUT2D eigenvalue weighted by Crippen LogP contribution is 2.72. The zero-order valence-corrected chi connectivity index (χ0v) is 25.2. The Hall–Kier alpha value is 0.770. The van der Waals surface area contributed by atoms with E-state index in [0.29, 0.717) is 0 Å². The third-order valence-corrected chi connectivity index (χ3v) is 19.9. The van der Waals surface area contributed by atoms with Gasteiger partial charge in [-0.15, -0.1) is 14.0 Å². The minimum Gasteiger partial charge on any atom is -0.276 e. The average molecular weight is 559 g/mol. The van der Waals surface area contributed by atoms with E-state index in [1.165, 1.54) is 156 Å². The van der Waals surface area contributed by atoms with Crippen molar-refractivity contribution in [3.8, 4) is 0 Å². The third-order valence-electron chi connectivity index (χ3n) is 9.27. The second-order valence-corrected chi connectivity index (χ2v) is 19.4. The Morgan fingerprint density at radius 3 is 1.08 bits per heavy atom. The van der Waals surface area contributed by atoms with Gasteiger partial charge in [0.25, 0.3) is 0 Å². The molecule has 0 aromatic rings. The molecule has 6 saturated heterocycles. The number of nitrogens with zero attached hydrogens (tertiary/aromatic N) is 7. The predicted molar refractivity (Wildman–Crippen MR) is 155 cm³/mol. The third kappa shape index (κ3) is 5.03. The van der Waals surface area contributed by atoms with Crippen LogP contribution in [0.5, 0.6) is 0 Å². The topological polar surface area (TPSA) is 69.8 Å². The first-order valence-corrected chi connectivity index (χ1v) is 19.7. The van der Waals surface area contributed by atoms with E-state index < -0.39 is 23.7 Å². The fourth-order valence-corrected chi connectivity index (χ4v) is 20.2. The van der Waals surface area contributed by atoms with E-state index >= 15 is 0 Å². The van der Waals surface area contributed by atoms with Crippen LogP contribution in [0.15, 0.2) is 4.52 Å². The molecule has 0 radical (unpaired) electrons. The molecule has 6 rings (SSSR count). The van der Waals surface area contributed by atoms with Crippen molar-refractivity contribution in [1.29, 1.82) is 0 Å². The molecule has 0 aliphatic carbocycles. The summed E-state index contributed by atoms with van der Waals surface area (Å²) in [5, 5.41) is 0. The van der Waals surface area contributed by atoms with Gasteiger partial charge >= 0.3 is 7.87 Å². The number of rotatable bonds is 9. The molecule has 1 atom stereocenters. The number of hydrogen-bond acceptors (Lipinski definition) is 6. The lowest BCUT2D eigenvalue weighted by Gasteiger charge is -2.47. The van der Waals surface area contributed by atoms with E-state index in [4.69, 9.17) is 10.0 Å². The summed E-state index contributed by atoms with van der Waals surface area (Å²) in [5.41, 5.74) is 7.33. The van der Waals surface area contributed by atoms with Gasteiger partial charge in [0.1, 0.15) is 0 Å². The molecule has 206 valence electrons. The maximum absolute atomic E-state index is 7.33. The lowest BCUT2D eigenvalue weighted by atomic mass is 10.4. The van der Waals surface area contributed by atoms with Crippen molar-refractivity contribution in [2.45, 2.75) is 77.0 Å². The van der Waals surface area contributed by atoms with Crippen molar-refractivity contribution < 1.29 is 0 Å². The summed E-state index contributed by atoms with van der Waals surface area (Å²) in [4.78, 5) is 4.29. The first-order chi connectivity index (χ1) is 17.7. The number of hydrogen-bond donors (Lipinski definition) is 2. The molecule has 0 amide bonds. The molecule has 6 aliphatic heterocycles. The maximum atomic E-state index is 7.33. The fraction of sp³-hybridized carbons (Fsp3) is 1.00. The van der Waals surface area contributed by atoms with Crippen LogP contribution in [0, 0.1) is 0 Å². The van der Waals surface area contributed by atoms with Crippen LogP contribution in [0.1, 0.15) is 77.0 Å². The molecule has 6 heterocycles. The first kappa shape index (κ1) is 27.0. The molecule has 6 fully saturated rings. The van der Waals surface area contributed by atoms with E-state index in [1.54, 1.807) is 0 Å². The highest BCUT2D eigenvalue weighted by molar-refractivity contribution is 7.78. The normalized spacial score (nSPS) is 29.8. The van der Waals surface area contributed by atoms with E-state index in [1.807, 2.05) is 0 Å². The maximum Gasteiger partial charge on any atom is 0.312 e. The molecular formula is C24H51N9P3+. The van der Waals surface area contributed by atoms with Crippen molar-refractivity contribution in [2.24, 2.45) is 10.0 Å². The van der Waals surface area contributed by atoms with Gasteiger partial charge in [-0.3, -0.25) is 5.50 Å². The van der Waals surface area contributed by atoms with Crippen molar-refractivity contribution in [2.75, 3.05) is 78.5 Å². The Labute approximate surface area is 222 Å². The monoisotopic (exact) mass is 558 g/mol. The van der Waals surface area contributed by atoms with Crippen LogP contribution in [0.25, 0.3) is 0 Å². The van der Waals surface area contributed by atoms with Gasteiger partial charge in [-0.05, 0) is 77.0 Å². The van der Waals surface area contributed by atoms with Crippen molar-refractivity contribution in [3.63, 3.8) is 0 Å². The molecule has 6 aliphatic rings. The van der Waals surface area contributed by atoms with Gasteiger partial charge in [0.2, 0.25) is 8.37 Å². The summed E-state index contributed by atoms with van der Waals surface area (Å²) < 4.78 is 23.0. The molecule has 0 bridgehead atoms. The molecule has 0 aromatic carbocycles. The van der Waals surface area contributed by atoms with Gasteiger partial charge in [0.15, 0.2) is 7.51 Å². The molecule has 0 spiro atoms. The molecule has 0 saturated carbocycles. The van der Waals surface area contributed by atoms with Gasteiger partial charge in [-0.25, -0.2) is 18.5 Å². The molecule has 0 aromatic heterocycles. The number of nitrogens with two attached hydrogens (primary N) is 1.